The van der Waals surface area contributed by atoms with Crippen LogP contribution in [0.2, 0.25) is 5.02 Å². The van der Waals surface area contributed by atoms with Gasteiger partial charge in [0.25, 0.3) is 5.91 Å². The number of likely N-dealkylation sites (tertiary alicyclic amines) is 1. The Balaban J connectivity index is 1.61. The van der Waals surface area contributed by atoms with Crippen LogP contribution in [0.5, 0.6) is 0 Å². The van der Waals surface area contributed by atoms with Crippen molar-refractivity contribution < 1.29 is 4.79 Å². The monoisotopic (exact) mass is 500 g/mol. The van der Waals surface area contributed by atoms with E-state index in [1.54, 1.807) is 0 Å². The van der Waals surface area contributed by atoms with Crippen LogP contribution in [-0.4, -0.2) is 35.9 Å². The predicted molar refractivity (Wildman–Crippen MR) is 149 cm³/mol. The van der Waals surface area contributed by atoms with E-state index in [0.29, 0.717) is 24.7 Å². The minimum atomic E-state index is -0.383. The summed E-state index contributed by atoms with van der Waals surface area (Å²) in [6, 6.07) is 27.7. The molecule has 1 N–H and O–H groups in total. The fourth-order valence-electron chi connectivity index (χ4n) is 4.60. The third kappa shape index (κ3) is 6.21. The second-order valence-corrected chi connectivity index (χ2v) is 9.54. The number of benzene rings is 3. The molecule has 0 spiro atoms. The highest BCUT2D eigenvalue weighted by Crippen LogP contribution is 2.38. The lowest BCUT2D eigenvalue weighted by Crippen LogP contribution is -2.49. The summed E-state index contributed by atoms with van der Waals surface area (Å²) < 4.78 is 0. The summed E-state index contributed by atoms with van der Waals surface area (Å²) in [7, 11) is 0. The third-order valence-electron chi connectivity index (χ3n) is 6.69. The van der Waals surface area contributed by atoms with Gasteiger partial charge in [0.05, 0.1) is 12.0 Å². The molecule has 0 aromatic heterocycles. The van der Waals surface area contributed by atoms with Crippen LogP contribution < -0.4 is 5.43 Å². The zero-order chi connectivity index (χ0) is 25.2. The van der Waals surface area contributed by atoms with E-state index >= 15 is 0 Å². The smallest absolute Gasteiger partial charge is 0.253 e. The van der Waals surface area contributed by atoms with Gasteiger partial charge >= 0.3 is 0 Å². The minimum Gasteiger partial charge on any atom is -0.339 e. The maximum absolute atomic E-state index is 13.1. The molecule has 3 aromatic rings. The summed E-state index contributed by atoms with van der Waals surface area (Å²) in [4.78, 5) is 20.0. The Hall–Kier alpha value is -3.44. The zero-order valence-electron chi connectivity index (χ0n) is 20.7. The Morgan fingerprint density at radius 3 is 2.25 bits per heavy atom. The van der Waals surface area contributed by atoms with Gasteiger partial charge in [-0.2, -0.15) is 5.10 Å². The topological polar surface area (TPSA) is 57.1 Å². The number of unbranched alkanes of at least 4 members (excludes halogenated alkanes) is 1. The van der Waals surface area contributed by atoms with Crippen LogP contribution in [0, 0.1) is 0 Å². The Morgan fingerprint density at radius 2 is 1.61 bits per heavy atom. The molecule has 1 aliphatic rings. The maximum atomic E-state index is 13.1. The molecule has 1 amide bonds. The average Bonchev–Trinajstić information content (AvgIpc) is 2.94. The van der Waals surface area contributed by atoms with Crippen molar-refractivity contribution in [2.24, 2.45) is 10.1 Å². The van der Waals surface area contributed by atoms with Crippen molar-refractivity contribution in [1.82, 2.24) is 10.3 Å². The van der Waals surface area contributed by atoms with Crippen LogP contribution in [0.15, 0.2) is 95.0 Å². The number of piperidine rings is 1. The molecule has 0 aliphatic carbocycles. The molecular weight excluding hydrogens is 468 g/mol. The van der Waals surface area contributed by atoms with E-state index in [2.05, 4.69) is 36.6 Å². The van der Waals surface area contributed by atoms with Gasteiger partial charge in [0, 0.05) is 29.9 Å². The van der Waals surface area contributed by atoms with Crippen LogP contribution in [0.3, 0.4) is 0 Å². The normalized spacial score (nSPS) is 15.7. The van der Waals surface area contributed by atoms with Crippen molar-refractivity contribution in [2.75, 3.05) is 13.1 Å². The van der Waals surface area contributed by atoms with Crippen LogP contribution in [0.4, 0.5) is 0 Å². The van der Waals surface area contributed by atoms with Gasteiger partial charge in [-0.3, -0.25) is 4.79 Å². The van der Waals surface area contributed by atoms with Gasteiger partial charge in [-0.1, -0.05) is 85.6 Å². The molecule has 4 rings (SSSR count). The highest BCUT2D eigenvalue weighted by molar-refractivity contribution is 6.30. The molecule has 1 aliphatic heterocycles. The van der Waals surface area contributed by atoms with Gasteiger partial charge in [0.15, 0.2) is 5.84 Å². The number of hydrazone groups is 1. The maximum Gasteiger partial charge on any atom is 0.253 e. The number of halogens is 1. The average molecular weight is 501 g/mol. The number of nitrogens with one attached hydrogen (secondary N) is 1. The number of nitrogens with zero attached hydrogens (tertiary/aromatic N) is 3. The van der Waals surface area contributed by atoms with Gasteiger partial charge in [0.2, 0.25) is 0 Å². The van der Waals surface area contributed by atoms with Gasteiger partial charge in [-0.25, -0.2) is 4.99 Å². The van der Waals surface area contributed by atoms with Crippen LogP contribution in [-0.2, 0) is 12.0 Å². The largest absolute Gasteiger partial charge is 0.339 e. The van der Waals surface area contributed by atoms with Crippen molar-refractivity contribution in [3.63, 3.8) is 0 Å². The van der Waals surface area contributed by atoms with Crippen molar-refractivity contribution in [1.29, 1.82) is 0 Å². The first-order valence-corrected chi connectivity index (χ1v) is 13.0. The zero-order valence-corrected chi connectivity index (χ0v) is 21.5. The van der Waals surface area contributed by atoms with E-state index in [1.807, 2.05) is 71.8 Å². The number of carbonyl (C=O) groups excluding carboxylic acids is 1. The molecule has 0 atom stereocenters. The summed E-state index contributed by atoms with van der Waals surface area (Å²) in [6.45, 7) is 4.00. The van der Waals surface area contributed by atoms with Gasteiger partial charge in [-0.15, -0.1) is 0 Å². The molecule has 6 heteroatoms. The third-order valence-corrected chi connectivity index (χ3v) is 6.94. The van der Waals surface area contributed by atoms with E-state index in [1.165, 1.54) is 5.56 Å². The molecule has 1 heterocycles. The second-order valence-electron chi connectivity index (χ2n) is 9.10. The number of hydrogen-bond acceptors (Lipinski definition) is 3. The van der Waals surface area contributed by atoms with Gasteiger partial charge in [-0.05, 0) is 54.7 Å². The van der Waals surface area contributed by atoms with Crippen molar-refractivity contribution in [3.8, 4) is 0 Å². The van der Waals surface area contributed by atoms with E-state index in [-0.39, 0.29) is 11.3 Å². The summed E-state index contributed by atoms with van der Waals surface area (Å²) in [5, 5.41) is 5.56. The van der Waals surface area contributed by atoms with Crippen LogP contribution in [0.25, 0.3) is 0 Å². The summed E-state index contributed by atoms with van der Waals surface area (Å²) in [6.07, 6.45) is 5.38. The summed E-state index contributed by atoms with van der Waals surface area (Å²) >= 11 is 6.03. The van der Waals surface area contributed by atoms with Crippen LogP contribution >= 0.6 is 11.6 Å². The highest BCUT2D eigenvalue weighted by atomic mass is 35.5. The molecule has 36 heavy (non-hydrogen) atoms. The molecule has 0 radical (unpaired) electrons. The SMILES string of the molecule is CCC/C=N/C(=N\NCc1ccc(Cl)cc1)C1(c2ccccc2)CCN(C(=O)c2ccccc2)CC1. The summed E-state index contributed by atoms with van der Waals surface area (Å²) in [5.41, 5.74) is 5.87. The fraction of sp³-hybridized carbons (Fsp3) is 0.300. The molecule has 1 saturated heterocycles. The molecule has 0 bridgehead atoms. The van der Waals surface area contributed by atoms with Gasteiger partial charge < -0.3 is 10.3 Å². The number of amides is 1. The van der Waals surface area contributed by atoms with E-state index < -0.39 is 0 Å². The lowest BCUT2D eigenvalue weighted by atomic mass is 9.71. The molecule has 0 saturated carbocycles. The first-order valence-electron chi connectivity index (χ1n) is 12.6. The minimum absolute atomic E-state index is 0.0751. The quantitative estimate of drug-likeness (QED) is 0.218. The number of aliphatic imine (C=N–C) groups is 1. The Labute approximate surface area is 218 Å². The Bertz CT molecular complexity index is 1170. The first kappa shape index (κ1) is 25.6. The van der Waals surface area contributed by atoms with Crippen LogP contribution in [0.1, 0.15) is 54.1 Å². The van der Waals surface area contributed by atoms with Crippen molar-refractivity contribution in [3.05, 3.63) is 107 Å². The van der Waals surface area contributed by atoms with E-state index in [0.717, 1.165) is 42.6 Å². The first-order chi connectivity index (χ1) is 17.6. The van der Waals surface area contributed by atoms with Crippen molar-refractivity contribution >= 4 is 29.6 Å². The molecule has 5 nitrogen and oxygen atoms in total. The number of carbonyl (C=O) groups is 1. The standard InChI is InChI=1S/C30H33ClN4O/c1-2-3-20-32-29(34-33-23-24-14-16-27(31)17-15-24)30(26-12-8-5-9-13-26)18-21-35(22-19-30)28(36)25-10-6-4-7-11-25/h4-17,20,33H,2-3,18-19,21-23H2,1H3/b32-20+,34-29-. The number of rotatable bonds is 8. The van der Waals surface area contributed by atoms with Gasteiger partial charge in [0.1, 0.15) is 0 Å². The summed E-state index contributed by atoms with van der Waals surface area (Å²) in [5.74, 6) is 0.842. The lowest BCUT2D eigenvalue weighted by molar-refractivity contribution is 0.0695. The van der Waals surface area contributed by atoms with E-state index in [9.17, 15) is 4.79 Å². The molecule has 1 fully saturated rings. The second kappa shape index (κ2) is 12.5. The van der Waals surface area contributed by atoms with Crippen molar-refractivity contribution in [2.45, 2.75) is 44.6 Å². The fourth-order valence-corrected chi connectivity index (χ4v) is 4.73. The number of amidine groups is 1. The predicted octanol–water partition coefficient (Wildman–Crippen LogP) is 6.49. The molecule has 186 valence electrons. The highest BCUT2D eigenvalue weighted by Gasteiger charge is 2.42. The van der Waals surface area contributed by atoms with E-state index in [4.69, 9.17) is 21.7 Å². The Morgan fingerprint density at radius 1 is 0.972 bits per heavy atom. The molecule has 0 unspecified atom stereocenters. The molecular formula is C30H33ClN4O. The lowest BCUT2D eigenvalue weighted by Gasteiger charge is -2.41. The number of hydrogen-bond donors (Lipinski definition) is 1. The molecule has 3 aromatic carbocycles. The Kier molecular flexibility index (Phi) is 8.90.